The highest BCUT2D eigenvalue weighted by atomic mass is 35.5. The number of hydrogen-bond acceptors (Lipinski definition) is 5. The number of benzene rings is 1. The van der Waals surface area contributed by atoms with Crippen molar-refractivity contribution in [1.82, 2.24) is 14.7 Å². The summed E-state index contributed by atoms with van der Waals surface area (Å²) in [7, 11) is 0. The van der Waals surface area contributed by atoms with Crippen LogP contribution in [0.5, 0.6) is 0 Å². The van der Waals surface area contributed by atoms with Gasteiger partial charge in [0.15, 0.2) is 0 Å². The van der Waals surface area contributed by atoms with Crippen LogP contribution in [0.2, 0.25) is 5.02 Å². The lowest BCUT2D eigenvalue weighted by Crippen LogP contribution is -2.54. The van der Waals surface area contributed by atoms with Crippen LogP contribution in [0.1, 0.15) is 106 Å². The van der Waals surface area contributed by atoms with Gasteiger partial charge in [-0.1, -0.05) is 58.4 Å². The first-order valence-corrected chi connectivity index (χ1v) is 17.2. The van der Waals surface area contributed by atoms with Crippen LogP contribution in [0, 0.1) is 16.7 Å². The van der Waals surface area contributed by atoms with Crippen LogP contribution in [-0.2, 0) is 14.4 Å². The molecule has 1 saturated carbocycles. The number of alkyl halides is 3. The van der Waals surface area contributed by atoms with Gasteiger partial charge in [0.2, 0.25) is 18.1 Å². The van der Waals surface area contributed by atoms with Crippen molar-refractivity contribution in [3.63, 3.8) is 0 Å². The Morgan fingerprint density at radius 3 is 1.96 bits per heavy atom. The SMILES string of the molecule is CC(O)C1C[C@H](N(C(=O)C(C)(C)C)C2CCC(C)(C)CC2)CN1C(=O)C1CN(C(C)(C)C)C[C@H]1c1ccc(Cl)cc1.O=CC(F)(F)F. The molecule has 0 aromatic heterocycles. The Labute approximate surface area is 284 Å². The fourth-order valence-electron chi connectivity index (χ4n) is 7.30. The number of rotatable bonds is 5. The highest BCUT2D eigenvalue weighted by molar-refractivity contribution is 6.30. The smallest absolute Gasteiger partial charge is 0.391 e. The van der Waals surface area contributed by atoms with Crippen LogP contribution in [-0.4, -0.2) is 93.5 Å². The lowest BCUT2D eigenvalue weighted by Gasteiger charge is -2.45. The molecule has 47 heavy (non-hydrogen) atoms. The van der Waals surface area contributed by atoms with Crippen molar-refractivity contribution in [2.45, 2.75) is 136 Å². The van der Waals surface area contributed by atoms with Crippen molar-refractivity contribution in [1.29, 1.82) is 0 Å². The molecule has 3 unspecified atom stereocenters. The third kappa shape index (κ3) is 10.2. The summed E-state index contributed by atoms with van der Waals surface area (Å²) < 4.78 is 31.2. The van der Waals surface area contributed by atoms with Gasteiger partial charge in [-0.25, -0.2) is 0 Å². The third-order valence-electron chi connectivity index (χ3n) is 10.2. The van der Waals surface area contributed by atoms with Crippen LogP contribution in [0.4, 0.5) is 13.2 Å². The maximum absolute atomic E-state index is 14.5. The van der Waals surface area contributed by atoms with Gasteiger partial charge in [0.1, 0.15) is 0 Å². The highest BCUT2D eigenvalue weighted by Crippen LogP contribution is 2.42. The first-order chi connectivity index (χ1) is 21.4. The van der Waals surface area contributed by atoms with Gasteiger partial charge in [-0.2, -0.15) is 13.2 Å². The van der Waals surface area contributed by atoms with Crippen molar-refractivity contribution in [2.24, 2.45) is 16.7 Å². The molecule has 2 amide bonds. The Balaban J connectivity index is 0.000000913. The van der Waals surface area contributed by atoms with E-state index in [9.17, 15) is 27.9 Å². The molecule has 2 saturated heterocycles. The lowest BCUT2D eigenvalue weighted by atomic mass is 9.74. The Morgan fingerprint density at radius 2 is 1.51 bits per heavy atom. The maximum Gasteiger partial charge on any atom is 0.446 e. The zero-order chi connectivity index (χ0) is 35.7. The first kappa shape index (κ1) is 39.3. The summed E-state index contributed by atoms with van der Waals surface area (Å²) in [5, 5.41) is 11.7. The van der Waals surface area contributed by atoms with Gasteiger partial charge in [-0.05, 0) is 82.9 Å². The summed E-state index contributed by atoms with van der Waals surface area (Å²) >= 11 is 6.21. The van der Waals surface area contributed by atoms with E-state index in [2.05, 4.69) is 44.4 Å². The van der Waals surface area contributed by atoms with Crippen LogP contribution < -0.4 is 0 Å². The molecular formula is C36H55ClF3N3O4. The van der Waals surface area contributed by atoms with E-state index in [-0.39, 0.29) is 47.3 Å². The largest absolute Gasteiger partial charge is 0.446 e. The van der Waals surface area contributed by atoms with Crippen molar-refractivity contribution in [3.8, 4) is 0 Å². The monoisotopic (exact) mass is 685 g/mol. The summed E-state index contributed by atoms with van der Waals surface area (Å²) in [4.78, 5) is 43.7. The van der Waals surface area contributed by atoms with Crippen LogP contribution >= 0.6 is 11.6 Å². The van der Waals surface area contributed by atoms with E-state index in [1.54, 1.807) is 6.92 Å². The number of aliphatic hydroxyl groups excluding tert-OH is 1. The summed E-state index contributed by atoms with van der Waals surface area (Å²) in [6.45, 7) is 21.0. The zero-order valence-corrected chi connectivity index (χ0v) is 30.3. The van der Waals surface area contributed by atoms with Crippen LogP contribution in [0.25, 0.3) is 0 Å². The van der Waals surface area contributed by atoms with E-state index < -0.39 is 24.0 Å². The number of likely N-dealkylation sites (tertiary alicyclic amines) is 2. The molecule has 1 aromatic rings. The van der Waals surface area contributed by atoms with E-state index >= 15 is 0 Å². The molecule has 2 aliphatic heterocycles. The van der Waals surface area contributed by atoms with Gasteiger partial charge in [-0.15, -0.1) is 0 Å². The van der Waals surface area contributed by atoms with Gasteiger partial charge >= 0.3 is 6.18 Å². The molecule has 2 heterocycles. The number of aldehydes is 1. The van der Waals surface area contributed by atoms with E-state index in [1.807, 2.05) is 49.9 Å². The molecule has 3 aliphatic rings. The molecule has 7 nitrogen and oxygen atoms in total. The van der Waals surface area contributed by atoms with E-state index in [0.29, 0.717) is 29.9 Å². The minimum atomic E-state index is -4.64. The van der Waals surface area contributed by atoms with Gasteiger partial charge < -0.3 is 14.9 Å². The summed E-state index contributed by atoms with van der Waals surface area (Å²) in [5.41, 5.74) is 0.841. The minimum absolute atomic E-state index is 0.0422. The second-order valence-corrected chi connectivity index (χ2v) is 17.0. The van der Waals surface area contributed by atoms with Gasteiger partial charge in [0.05, 0.1) is 24.1 Å². The Bertz CT molecular complexity index is 1230. The molecule has 11 heteroatoms. The van der Waals surface area contributed by atoms with Crippen LogP contribution in [0.15, 0.2) is 24.3 Å². The predicted octanol–water partition coefficient (Wildman–Crippen LogP) is 7.10. The Hall–Kier alpha value is -2.17. The summed E-state index contributed by atoms with van der Waals surface area (Å²) in [5.74, 6) is 0.0703. The minimum Gasteiger partial charge on any atom is -0.391 e. The fourth-order valence-corrected chi connectivity index (χ4v) is 7.42. The summed E-state index contributed by atoms with van der Waals surface area (Å²) in [6, 6.07) is 7.69. The standard InChI is InChI=1S/C34H54ClN3O3.C2HF3O/c1-22(39)29-18-26(38(31(41)32(2,3)4)25-14-16-34(8,9)17-15-25)19-37(29)30(40)28-21-36(33(5,6)7)20-27(28)23-10-12-24(35)13-11-23;3-2(4,5)1-6/h10-13,22,25-29,39H,14-21H2,1-9H3;1H/t22?,26-,27-,28?,29?;/m0./s1. The number of nitrogens with zero attached hydrogens (tertiary/aromatic N) is 3. The van der Waals surface area contributed by atoms with E-state index in [1.165, 1.54) is 0 Å². The number of carbonyl (C=O) groups is 3. The van der Waals surface area contributed by atoms with E-state index in [4.69, 9.17) is 16.4 Å². The molecule has 0 radical (unpaired) electrons. The zero-order valence-electron chi connectivity index (χ0n) is 29.5. The second kappa shape index (κ2) is 14.8. The number of halogens is 4. The molecule has 1 N–H and O–H groups in total. The molecule has 0 bridgehead atoms. The Morgan fingerprint density at radius 1 is 0.979 bits per heavy atom. The lowest BCUT2D eigenvalue weighted by molar-refractivity contribution is -0.156. The molecule has 1 aliphatic carbocycles. The third-order valence-corrected chi connectivity index (χ3v) is 10.4. The average molecular weight is 686 g/mol. The van der Waals surface area contributed by atoms with Gasteiger partial charge in [0, 0.05) is 47.6 Å². The molecule has 1 aromatic carbocycles. The van der Waals surface area contributed by atoms with Crippen LogP contribution in [0.3, 0.4) is 0 Å². The molecule has 4 rings (SSSR count). The molecule has 266 valence electrons. The number of hydrogen-bond donors (Lipinski definition) is 1. The normalized spacial score (nSPS) is 26.4. The second-order valence-electron chi connectivity index (χ2n) is 16.5. The van der Waals surface area contributed by atoms with Crippen molar-refractivity contribution in [3.05, 3.63) is 34.9 Å². The number of aliphatic hydroxyl groups is 1. The molecular weight excluding hydrogens is 631 g/mol. The number of carbonyl (C=O) groups excluding carboxylic acids is 3. The van der Waals surface area contributed by atoms with Crippen molar-refractivity contribution in [2.75, 3.05) is 19.6 Å². The molecule has 5 atom stereocenters. The average Bonchev–Trinajstić information content (AvgIpc) is 3.60. The van der Waals surface area contributed by atoms with Gasteiger partial charge in [0.25, 0.3) is 0 Å². The maximum atomic E-state index is 14.5. The topological polar surface area (TPSA) is 81.2 Å². The first-order valence-electron chi connectivity index (χ1n) is 16.8. The quantitative estimate of drug-likeness (QED) is 0.335. The van der Waals surface area contributed by atoms with E-state index in [0.717, 1.165) is 37.8 Å². The van der Waals surface area contributed by atoms with Gasteiger partial charge in [-0.3, -0.25) is 19.3 Å². The van der Waals surface area contributed by atoms with Crippen molar-refractivity contribution < 1.29 is 32.7 Å². The molecule has 3 fully saturated rings. The fraction of sp³-hybridized carbons (Fsp3) is 0.750. The van der Waals surface area contributed by atoms with Crippen molar-refractivity contribution >= 4 is 29.7 Å². The molecule has 0 spiro atoms. The number of amides is 2. The summed E-state index contributed by atoms with van der Waals surface area (Å²) in [6.07, 6.45) is -1.60. The Kier molecular flexibility index (Phi) is 12.3. The highest BCUT2D eigenvalue weighted by Gasteiger charge is 2.50. The predicted molar refractivity (Wildman–Crippen MR) is 179 cm³/mol.